The van der Waals surface area contributed by atoms with Gasteiger partial charge < -0.3 is 15.0 Å². The van der Waals surface area contributed by atoms with Gasteiger partial charge in [0.15, 0.2) is 6.10 Å². The highest BCUT2D eigenvalue weighted by Crippen LogP contribution is 2.32. The van der Waals surface area contributed by atoms with Crippen molar-refractivity contribution in [1.82, 2.24) is 10.3 Å². The van der Waals surface area contributed by atoms with Crippen LogP contribution in [0.5, 0.6) is 5.75 Å². The highest BCUT2D eigenvalue weighted by Gasteiger charge is 2.17. The number of nitrogens with zero attached hydrogens (tertiary/aromatic N) is 2. The molecule has 3 rings (SSSR count). The van der Waals surface area contributed by atoms with Gasteiger partial charge in [-0.2, -0.15) is 0 Å². The highest BCUT2D eigenvalue weighted by molar-refractivity contribution is 6.42. The van der Waals surface area contributed by atoms with Crippen molar-refractivity contribution in [2.45, 2.75) is 32.4 Å². The molecule has 1 atom stereocenters. The number of pyridine rings is 1. The fraction of sp³-hybridized carbons (Fsp3) is 0.368. The first-order chi connectivity index (χ1) is 12.5. The molecule has 1 aromatic heterocycles. The normalized spacial score (nSPS) is 15.0. The van der Waals surface area contributed by atoms with Crippen LogP contribution in [0.25, 0.3) is 0 Å². The topological polar surface area (TPSA) is 54.5 Å². The molecule has 26 heavy (non-hydrogen) atoms. The quantitative estimate of drug-likeness (QED) is 0.803. The Kier molecular flexibility index (Phi) is 6.22. The number of rotatable bonds is 6. The minimum Gasteiger partial charge on any atom is -0.479 e. The smallest absolute Gasteiger partial charge is 0.261 e. The van der Waals surface area contributed by atoms with Crippen LogP contribution in [0.1, 0.15) is 25.3 Å². The van der Waals surface area contributed by atoms with E-state index in [0.717, 1.165) is 24.5 Å². The van der Waals surface area contributed by atoms with Crippen LogP contribution >= 0.6 is 23.2 Å². The lowest BCUT2D eigenvalue weighted by Gasteiger charge is -2.17. The van der Waals surface area contributed by atoms with Gasteiger partial charge in [0, 0.05) is 25.8 Å². The number of benzene rings is 1. The third kappa shape index (κ3) is 4.59. The van der Waals surface area contributed by atoms with E-state index in [-0.39, 0.29) is 5.91 Å². The fourth-order valence-electron chi connectivity index (χ4n) is 2.81. The molecule has 0 saturated carbocycles. The Hall–Kier alpha value is -1.98. The van der Waals surface area contributed by atoms with E-state index < -0.39 is 6.10 Å². The van der Waals surface area contributed by atoms with Crippen molar-refractivity contribution < 1.29 is 9.53 Å². The minimum atomic E-state index is -0.692. The Labute approximate surface area is 163 Å². The van der Waals surface area contributed by atoms with Gasteiger partial charge in [-0.1, -0.05) is 35.3 Å². The SMILES string of the molecule is C[C@H](Oc1cccc(Cl)c1Cl)C(=O)NCc1ccc(N2CCCC2)nc1. The molecule has 7 heteroatoms. The summed E-state index contributed by atoms with van der Waals surface area (Å²) in [4.78, 5) is 19.0. The molecule has 2 aromatic rings. The molecule has 5 nitrogen and oxygen atoms in total. The number of aromatic nitrogens is 1. The van der Waals surface area contributed by atoms with Gasteiger partial charge in [0.05, 0.1) is 5.02 Å². The van der Waals surface area contributed by atoms with E-state index >= 15 is 0 Å². The molecule has 0 bridgehead atoms. The van der Waals surface area contributed by atoms with E-state index in [9.17, 15) is 4.79 Å². The Balaban J connectivity index is 1.52. The second kappa shape index (κ2) is 8.60. The fourth-order valence-corrected chi connectivity index (χ4v) is 3.14. The zero-order valence-corrected chi connectivity index (χ0v) is 16.1. The number of anilines is 1. The molecular formula is C19H21Cl2N3O2. The van der Waals surface area contributed by atoms with Crippen LogP contribution in [0.3, 0.4) is 0 Å². The minimum absolute atomic E-state index is 0.232. The lowest BCUT2D eigenvalue weighted by molar-refractivity contribution is -0.127. The number of hydrogen-bond donors (Lipinski definition) is 1. The maximum Gasteiger partial charge on any atom is 0.261 e. The van der Waals surface area contributed by atoms with Crippen LogP contribution in [0.15, 0.2) is 36.5 Å². The van der Waals surface area contributed by atoms with Crippen molar-refractivity contribution in [3.8, 4) is 5.75 Å². The number of nitrogens with one attached hydrogen (secondary N) is 1. The van der Waals surface area contributed by atoms with Crippen LogP contribution in [0.4, 0.5) is 5.82 Å². The standard InChI is InChI=1S/C19H21Cl2N3O2/c1-13(26-16-6-4-5-15(20)18(16)21)19(25)23-12-14-7-8-17(22-11-14)24-9-2-3-10-24/h4-8,11,13H,2-3,9-10,12H2,1H3,(H,23,25)/t13-/m0/s1. The molecular weight excluding hydrogens is 373 g/mol. The summed E-state index contributed by atoms with van der Waals surface area (Å²) >= 11 is 12.0. The summed E-state index contributed by atoms with van der Waals surface area (Å²) in [5.41, 5.74) is 0.939. The van der Waals surface area contributed by atoms with Crippen LogP contribution in [-0.4, -0.2) is 30.1 Å². The average Bonchev–Trinajstić information content (AvgIpc) is 3.18. The molecule has 1 saturated heterocycles. The largest absolute Gasteiger partial charge is 0.479 e. The predicted octanol–water partition coefficient (Wildman–Crippen LogP) is 4.07. The number of carbonyl (C=O) groups excluding carboxylic acids is 1. The summed E-state index contributed by atoms with van der Waals surface area (Å²) in [6.07, 6.45) is 3.54. The molecule has 0 aliphatic carbocycles. The Morgan fingerprint density at radius 2 is 2.04 bits per heavy atom. The van der Waals surface area contributed by atoms with Crippen LogP contribution in [0.2, 0.25) is 10.0 Å². The summed E-state index contributed by atoms with van der Waals surface area (Å²) in [6, 6.07) is 9.06. The maximum absolute atomic E-state index is 12.3. The third-order valence-corrected chi connectivity index (χ3v) is 5.10. The molecule has 1 aromatic carbocycles. The molecule has 2 heterocycles. The molecule has 1 aliphatic rings. The lowest BCUT2D eigenvalue weighted by atomic mass is 10.2. The van der Waals surface area contributed by atoms with Crippen molar-refractivity contribution in [3.05, 3.63) is 52.1 Å². The van der Waals surface area contributed by atoms with E-state index in [1.54, 1.807) is 31.3 Å². The summed E-state index contributed by atoms with van der Waals surface area (Å²) in [7, 11) is 0. The van der Waals surface area contributed by atoms with Gasteiger partial charge >= 0.3 is 0 Å². The molecule has 138 valence electrons. The van der Waals surface area contributed by atoms with Crippen molar-refractivity contribution in [3.63, 3.8) is 0 Å². The van der Waals surface area contributed by atoms with Gasteiger partial charge in [0.2, 0.25) is 0 Å². The second-order valence-corrected chi connectivity index (χ2v) is 7.03. The van der Waals surface area contributed by atoms with E-state index in [1.807, 2.05) is 12.1 Å². The first-order valence-electron chi connectivity index (χ1n) is 8.63. The van der Waals surface area contributed by atoms with Crippen molar-refractivity contribution in [2.75, 3.05) is 18.0 Å². The van der Waals surface area contributed by atoms with E-state index in [0.29, 0.717) is 22.3 Å². The zero-order valence-electron chi connectivity index (χ0n) is 14.5. The summed E-state index contributed by atoms with van der Waals surface area (Å²) in [5.74, 6) is 1.15. The first kappa shape index (κ1) is 18.8. The molecule has 1 N–H and O–H groups in total. The number of amides is 1. The van der Waals surface area contributed by atoms with Crippen LogP contribution in [0, 0.1) is 0 Å². The summed E-state index contributed by atoms with van der Waals surface area (Å²) < 4.78 is 5.61. The molecule has 0 spiro atoms. The molecule has 1 fully saturated rings. The van der Waals surface area contributed by atoms with E-state index in [4.69, 9.17) is 27.9 Å². The molecule has 0 unspecified atom stereocenters. The number of hydrogen-bond acceptors (Lipinski definition) is 4. The zero-order chi connectivity index (χ0) is 18.5. The van der Waals surface area contributed by atoms with Crippen LogP contribution < -0.4 is 15.0 Å². The van der Waals surface area contributed by atoms with Gasteiger partial charge in [-0.05, 0) is 43.5 Å². The Bertz CT molecular complexity index is 762. The van der Waals surface area contributed by atoms with Gasteiger partial charge in [0.25, 0.3) is 5.91 Å². The van der Waals surface area contributed by atoms with Gasteiger partial charge in [-0.3, -0.25) is 4.79 Å². The van der Waals surface area contributed by atoms with Crippen LogP contribution in [-0.2, 0) is 11.3 Å². The van der Waals surface area contributed by atoms with Gasteiger partial charge in [0.1, 0.15) is 16.6 Å². The van der Waals surface area contributed by atoms with E-state index in [2.05, 4.69) is 15.2 Å². The van der Waals surface area contributed by atoms with E-state index in [1.165, 1.54) is 12.8 Å². The van der Waals surface area contributed by atoms with Crippen molar-refractivity contribution in [2.24, 2.45) is 0 Å². The third-order valence-electron chi connectivity index (χ3n) is 4.30. The predicted molar refractivity (Wildman–Crippen MR) is 104 cm³/mol. The monoisotopic (exact) mass is 393 g/mol. The summed E-state index contributed by atoms with van der Waals surface area (Å²) in [6.45, 7) is 4.18. The number of ether oxygens (including phenoxy) is 1. The molecule has 1 aliphatic heterocycles. The lowest BCUT2D eigenvalue weighted by Crippen LogP contribution is -2.36. The number of carbonyl (C=O) groups is 1. The second-order valence-electron chi connectivity index (χ2n) is 6.25. The van der Waals surface area contributed by atoms with Gasteiger partial charge in [-0.25, -0.2) is 4.98 Å². The Morgan fingerprint density at radius 1 is 1.27 bits per heavy atom. The van der Waals surface area contributed by atoms with Crippen molar-refractivity contribution in [1.29, 1.82) is 0 Å². The number of halogens is 2. The first-order valence-corrected chi connectivity index (χ1v) is 9.38. The highest BCUT2D eigenvalue weighted by atomic mass is 35.5. The van der Waals surface area contributed by atoms with Gasteiger partial charge in [-0.15, -0.1) is 0 Å². The van der Waals surface area contributed by atoms with Crippen molar-refractivity contribution >= 4 is 34.9 Å². The molecule has 1 amide bonds. The maximum atomic E-state index is 12.3. The Morgan fingerprint density at radius 3 is 2.73 bits per heavy atom. The molecule has 0 radical (unpaired) electrons. The average molecular weight is 394 g/mol. The summed E-state index contributed by atoms with van der Waals surface area (Å²) in [5, 5.41) is 3.54.